The molecule has 0 aromatic carbocycles. The number of morpholine rings is 1. The van der Waals surface area contributed by atoms with E-state index in [9.17, 15) is 0 Å². The number of hydrogen-bond donors (Lipinski definition) is 1. The molecule has 2 aliphatic heterocycles. The van der Waals surface area contributed by atoms with Crippen LogP contribution in [0.15, 0.2) is 42.9 Å². The lowest BCUT2D eigenvalue weighted by Crippen LogP contribution is -2.45. The van der Waals surface area contributed by atoms with Crippen molar-refractivity contribution in [2.24, 2.45) is 0 Å². The van der Waals surface area contributed by atoms with Gasteiger partial charge in [0.25, 0.3) is 0 Å². The van der Waals surface area contributed by atoms with E-state index in [2.05, 4.69) is 51.0 Å². The highest BCUT2D eigenvalue weighted by atomic mass is 16.5. The van der Waals surface area contributed by atoms with E-state index in [-0.39, 0.29) is 12.2 Å². The summed E-state index contributed by atoms with van der Waals surface area (Å²) in [5, 5.41) is 8.35. The summed E-state index contributed by atoms with van der Waals surface area (Å²) in [6.45, 7) is 7.41. The summed E-state index contributed by atoms with van der Waals surface area (Å²) in [4.78, 5) is 11.4. The van der Waals surface area contributed by atoms with Gasteiger partial charge in [0.1, 0.15) is 23.1 Å². The fourth-order valence-electron chi connectivity index (χ4n) is 5.10. The summed E-state index contributed by atoms with van der Waals surface area (Å²) in [5.74, 6) is 3.60. The maximum absolute atomic E-state index is 6.40. The number of pyridine rings is 2. The molecule has 0 unspecified atom stereocenters. The Balaban J connectivity index is 1.19. The zero-order valence-electron chi connectivity index (χ0n) is 21.0. The predicted molar refractivity (Wildman–Crippen MR) is 137 cm³/mol. The van der Waals surface area contributed by atoms with E-state index in [1.165, 1.54) is 12.8 Å². The van der Waals surface area contributed by atoms with Gasteiger partial charge in [0.2, 0.25) is 0 Å². The van der Waals surface area contributed by atoms with Crippen molar-refractivity contribution in [2.45, 2.75) is 63.7 Å². The topological polar surface area (TPSA) is 86.6 Å². The first kappa shape index (κ1) is 23.2. The third kappa shape index (κ3) is 5.32. The van der Waals surface area contributed by atoms with Crippen molar-refractivity contribution >= 4 is 17.3 Å². The van der Waals surface area contributed by atoms with Gasteiger partial charge in [0.15, 0.2) is 5.75 Å². The van der Waals surface area contributed by atoms with Crippen molar-refractivity contribution in [3.8, 4) is 11.5 Å². The first-order valence-corrected chi connectivity index (χ1v) is 13.0. The summed E-state index contributed by atoms with van der Waals surface area (Å²) >= 11 is 0. The van der Waals surface area contributed by atoms with E-state index in [1.54, 1.807) is 6.20 Å². The Bertz CT molecular complexity index is 1180. The van der Waals surface area contributed by atoms with Gasteiger partial charge < -0.3 is 24.4 Å². The Morgan fingerprint density at radius 3 is 2.53 bits per heavy atom. The zero-order chi connectivity index (χ0) is 24.5. The summed E-state index contributed by atoms with van der Waals surface area (Å²) in [6.07, 6.45) is 10.4. The summed E-state index contributed by atoms with van der Waals surface area (Å²) in [6, 6.07) is 8.34. The van der Waals surface area contributed by atoms with Gasteiger partial charge in [-0.25, -0.2) is 9.97 Å². The van der Waals surface area contributed by atoms with Crippen LogP contribution in [0.3, 0.4) is 0 Å². The Morgan fingerprint density at radius 2 is 1.75 bits per heavy atom. The molecule has 2 saturated heterocycles. The van der Waals surface area contributed by atoms with Crippen LogP contribution in [0.5, 0.6) is 11.5 Å². The fraction of sp³-hybridized carbons (Fsp3) is 0.519. The standard InChI is InChI=1S/C27H34N6O3/c1-18-15-32(16-19(2)35-18)26-13-21(5-9-29-26)30-25-14-23(6-10-28-25)36-24-17-33(22-3-4-22)31-27(24)20-7-11-34-12-8-20/h5-6,9-10,13-14,17-20,22H,3-4,7-8,11-12,15-16H2,1-2H3,(H,28,29,30)/t18-,19+. The Morgan fingerprint density at radius 1 is 0.972 bits per heavy atom. The molecule has 1 saturated carbocycles. The lowest BCUT2D eigenvalue weighted by atomic mass is 9.96. The normalized spacial score (nSPS) is 23.0. The van der Waals surface area contributed by atoms with Crippen LogP contribution in [0.2, 0.25) is 0 Å². The van der Waals surface area contributed by atoms with Gasteiger partial charge in [-0.15, -0.1) is 0 Å². The summed E-state index contributed by atoms with van der Waals surface area (Å²) < 4.78 is 19.9. The third-order valence-corrected chi connectivity index (χ3v) is 6.97. The highest BCUT2D eigenvalue weighted by molar-refractivity contribution is 5.61. The highest BCUT2D eigenvalue weighted by Crippen LogP contribution is 2.40. The lowest BCUT2D eigenvalue weighted by Gasteiger charge is -2.36. The molecule has 3 aromatic rings. The van der Waals surface area contributed by atoms with E-state index in [1.807, 2.05) is 24.4 Å². The van der Waals surface area contributed by atoms with E-state index < -0.39 is 0 Å². The van der Waals surface area contributed by atoms with Crippen molar-refractivity contribution in [2.75, 3.05) is 36.5 Å². The molecule has 0 bridgehead atoms. The maximum Gasteiger partial charge on any atom is 0.168 e. The first-order valence-electron chi connectivity index (χ1n) is 13.0. The molecule has 1 N–H and O–H groups in total. The molecular formula is C27H34N6O3. The first-order chi connectivity index (χ1) is 17.6. The van der Waals surface area contributed by atoms with Gasteiger partial charge in [-0.2, -0.15) is 5.10 Å². The molecule has 9 heteroatoms. The van der Waals surface area contributed by atoms with Crippen LogP contribution in [0.25, 0.3) is 0 Å². The smallest absolute Gasteiger partial charge is 0.168 e. The Kier molecular flexibility index (Phi) is 6.50. The quantitative estimate of drug-likeness (QED) is 0.492. The van der Waals surface area contributed by atoms with Gasteiger partial charge in [0.05, 0.1) is 24.4 Å². The number of nitrogens with zero attached hydrogens (tertiary/aromatic N) is 5. The zero-order valence-corrected chi connectivity index (χ0v) is 21.0. The van der Waals surface area contributed by atoms with Crippen LogP contribution in [0.4, 0.5) is 17.3 Å². The molecule has 2 atom stereocenters. The van der Waals surface area contributed by atoms with E-state index in [0.717, 1.165) is 73.7 Å². The van der Waals surface area contributed by atoms with Gasteiger partial charge in [0, 0.05) is 62.4 Å². The van der Waals surface area contributed by atoms with Gasteiger partial charge in [-0.3, -0.25) is 4.68 Å². The van der Waals surface area contributed by atoms with E-state index in [0.29, 0.717) is 12.0 Å². The summed E-state index contributed by atoms with van der Waals surface area (Å²) in [5.41, 5.74) is 1.98. The number of aromatic nitrogens is 4. The van der Waals surface area contributed by atoms with E-state index >= 15 is 0 Å². The molecule has 9 nitrogen and oxygen atoms in total. The average molecular weight is 491 g/mol. The van der Waals surface area contributed by atoms with Crippen LogP contribution in [0.1, 0.15) is 57.2 Å². The number of ether oxygens (including phenoxy) is 3. The van der Waals surface area contributed by atoms with Crippen LogP contribution < -0.4 is 15.0 Å². The Labute approximate surface area is 211 Å². The second-order valence-electron chi connectivity index (χ2n) is 10.1. The minimum atomic E-state index is 0.179. The molecule has 36 heavy (non-hydrogen) atoms. The molecule has 5 heterocycles. The second kappa shape index (κ2) is 10.1. The molecule has 3 aromatic heterocycles. The van der Waals surface area contributed by atoms with Gasteiger partial charge in [-0.1, -0.05) is 0 Å². The van der Waals surface area contributed by atoms with E-state index in [4.69, 9.17) is 19.3 Å². The highest BCUT2D eigenvalue weighted by Gasteiger charge is 2.30. The second-order valence-corrected chi connectivity index (χ2v) is 10.1. The fourth-order valence-corrected chi connectivity index (χ4v) is 5.10. The van der Waals surface area contributed by atoms with Crippen molar-refractivity contribution in [3.05, 3.63) is 48.5 Å². The van der Waals surface area contributed by atoms with Crippen LogP contribution in [-0.4, -0.2) is 58.3 Å². The minimum absolute atomic E-state index is 0.179. The molecular weight excluding hydrogens is 456 g/mol. The molecule has 0 radical (unpaired) electrons. The number of nitrogens with one attached hydrogen (secondary N) is 1. The molecule has 6 rings (SSSR count). The molecule has 190 valence electrons. The molecule has 3 fully saturated rings. The van der Waals surface area contributed by atoms with Gasteiger partial charge >= 0.3 is 0 Å². The maximum atomic E-state index is 6.40. The lowest BCUT2D eigenvalue weighted by molar-refractivity contribution is -0.00545. The van der Waals surface area contributed by atoms with Crippen LogP contribution in [0, 0.1) is 0 Å². The number of anilines is 3. The van der Waals surface area contributed by atoms with Crippen molar-refractivity contribution in [3.63, 3.8) is 0 Å². The number of hydrogen-bond acceptors (Lipinski definition) is 8. The SMILES string of the molecule is C[C@@H]1CN(c2cc(Nc3cc(Oc4cn(C5CC5)nc4C4CCOCC4)ccn3)ccn2)C[C@H](C)O1. The minimum Gasteiger partial charge on any atom is -0.454 e. The van der Waals surface area contributed by atoms with Crippen LogP contribution in [-0.2, 0) is 9.47 Å². The number of rotatable bonds is 7. The monoisotopic (exact) mass is 490 g/mol. The van der Waals surface area contributed by atoms with Crippen molar-refractivity contribution in [1.82, 2.24) is 19.7 Å². The van der Waals surface area contributed by atoms with Crippen molar-refractivity contribution < 1.29 is 14.2 Å². The molecule has 0 amide bonds. The average Bonchev–Trinajstić information content (AvgIpc) is 3.65. The molecule has 1 aliphatic carbocycles. The summed E-state index contributed by atoms with van der Waals surface area (Å²) in [7, 11) is 0. The third-order valence-electron chi connectivity index (χ3n) is 6.97. The Hall–Kier alpha value is -3.17. The van der Waals surface area contributed by atoms with Gasteiger partial charge in [-0.05, 0) is 51.7 Å². The molecule has 3 aliphatic rings. The van der Waals surface area contributed by atoms with Crippen LogP contribution >= 0.6 is 0 Å². The largest absolute Gasteiger partial charge is 0.454 e. The molecule has 0 spiro atoms. The van der Waals surface area contributed by atoms with Crippen molar-refractivity contribution in [1.29, 1.82) is 0 Å². The predicted octanol–water partition coefficient (Wildman–Crippen LogP) is 5.05.